The van der Waals surface area contributed by atoms with Gasteiger partial charge in [0, 0.05) is 24.2 Å². The van der Waals surface area contributed by atoms with E-state index in [1.807, 2.05) is 0 Å². The van der Waals surface area contributed by atoms with Crippen LogP contribution in [0.3, 0.4) is 0 Å². The average molecular weight is 524 g/mol. The number of anilines is 1. The first-order chi connectivity index (χ1) is 16.6. The van der Waals surface area contributed by atoms with Gasteiger partial charge in [-0.25, -0.2) is 17.2 Å². The third-order valence-electron chi connectivity index (χ3n) is 5.68. The van der Waals surface area contributed by atoms with Gasteiger partial charge in [0.1, 0.15) is 18.2 Å². The molecule has 0 fully saturated rings. The van der Waals surface area contributed by atoms with E-state index >= 15 is 0 Å². The number of benzene rings is 3. The van der Waals surface area contributed by atoms with E-state index in [0.717, 1.165) is 22.5 Å². The van der Waals surface area contributed by atoms with Gasteiger partial charge < -0.3 is 14.6 Å². The molecular weight excluding hydrogens is 504 g/mol. The van der Waals surface area contributed by atoms with Crippen molar-refractivity contribution in [1.82, 2.24) is 0 Å². The first kappa shape index (κ1) is 24.7. The molecule has 7 nitrogen and oxygen atoms in total. The van der Waals surface area contributed by atoms with Crippen molar-refractivity contribution in [2.45, 2.75) is 17.9 Å². The van der Waals surface area contributed by atoms with Crippen molar-refractivity contribution in [2.75, 3.05) is 18.0 Å². The van der Waals surface area contributed by atoms with Crippen molar-refractivity contribution in [1.29, 1.82) is 0 Å². The molecule has 0 bridgehead atoms. The number of halogens is 3. The summed E-state index contributed by atoms with van der Waals surface area (Å²) in [7, 11) is -3.10. The number of hydrogen-bond acceptors (Lipinski definition) is 5. The molecule has 1 aliphatic heterocycles. The predicted octanol–water partition coefficient (Wildman–Crippen LogP) is 4.66. The zero-order valence-corrected chi connectivity index (χ0v) is 19.9. The summed E-state index contributed by atoms with van der Waals surface area (Å²) in [6, 6.07) is 11.9. The molecule has 1 heterocycles. The molecule has 3 aromatic rings. The van der Waals surface area contributed by atoms with Crippen molar-refractivity contribution in [3.63, 3.8) is 0 Å². The summed E-state index contributed by atoms with van der Waals surface area (Å²) in [5.41, 5.74) is 0.821. The van der Waals surface area contributed by atoms with Gasteiger partial charge in [-0.1, -0.05) is 23.7 Å². The van der Waals surface area contributed by atoms with E-state index in [1.165, 1.54) is 31.4 Å². The van der Waals surface area contributed by atoms with Gasteiger partial charge in [0.15, 0.2) is 11.6 Å². The largest absolute Gasteiger partial charge is 0.494 e. The Hall–Kier alpha value is -3.37. The zero-order chi connectivity index (χ0) is 25.3. The number of fused-ring (bicyclic) bond motifs is 1. The van der Waals surface area contributed by atoms with Gasteiger partial charge in [-0.3, -0.25) is 9.10 Å². The van der Waals surface area contributed by atoms with Crippen LogP contribution in [0.4, 0.5) is 14.5 Å². The van der Waals surface area contributed by atoms with Crippen LogP contribution in [-0.2, 0) is 27.8 Å². The van der Waals surface area contributed by atoms with Crippen LogP contribution in [0, 0.1) is 17.6 Å². The smallest absolute Gasteiger partial charge is 0.308 e. The molecule has 35 heavy (non-hydrogen) atoms. The van der Waals surface area contributed by atoms with E-state index in [9.17, 15) is 27.1 Å². The predicted molar refractivity (Wildman–Crippen MR) is 124 cm³/mol. The number of sulfonamides is 1. The third-order valence-corrected chi connectivity index (χ3v) is 7.81. The third kappa shape index (κ3) is 4.89. The second-order valence-corrected chi connectivity index (χ2v) is 10.1. The molecule has 0 saturated heterocycles. The van der Waals surface area contributed by atoms with Crippen LogP contribution in [0.1, 0.15) is 11.1 Å². The van der Waals surface area contributed by atoms with Crippen molar-refractivity contribution >= 4 is 33.3 Å². The van der Waals surface area contributed by atoms with E-state index in [1.54, 1.807) is 12.1 Å². The SMILES string of the molecule is COc1cc(S(=O)(=O)N2CC(C(=O)O)Cc3ccc(OCc4c(F)cccc4Cl)cc32)ccc1F. The maximum absolute atomic E-state index is 14.1. The summed E-state index contributed by atoms with van der Waals surface area (Å²) >= 11 is 6.04. The highest BCUT2D eigenvalue weighted by Crippen LogP contribution is 2.38. The van der Waals surface area contributed by atoms with Crippen LogP contribution in [0.5, 0.6) is 11.5 Å². The summed E-state index contributed by atoms with van der Waals surface area (Å²) < 4.78 is 66.6. The van der Waals surface area contributed by atoms with Crippen LogP contribution >= 0.6 is 11.6 Å². The fourth-order valence-electron chi connectivity index (χ4n) is 3.81. The molecule has 0 radical (unpaired) electrons. The number of carboxylic acids is 1. The van der Waals surface area contributed by atoms with Crippen molar-refractivity contribution in [3.8, 4) is 11.5 Å². The summed E-state index contributed by atoms with van der Waals surface area (Å²) in [5, 5.41) is 9.77. The monoisotopic (exact) mass is 523 g/mol. The lowest BCUT2D eigenvalue weighted by molar-refractivity contribution is -0.141. The highest BCUT2D eigenvalue weighted by molar-refractivity contribution is 7.92. The molecule has 11 heteroatoms. The molecule has 0 amide bonds. The number of carboxylic acid groups (broad SMARTS) is 1. The normalized spacial score (nSPS) is 15.4. The molecule has 1 N–H and O–H groups in total. The Labute approximate surface area is 205 Å². The average Bonchev–Trinajstić information content (AvgIpc) is 2.83. The van der Waals surface area contributed by atoms with E-state index in [2.05, 4.69) is 0 Å². The lowest BCUT2D eigenvalue weighted by atomic mass is 9.94. The minimum absolute atomic E-state index is 0.100. The first-order valence-corrected chi connectivity index (χ1v) is 12.2. The lowest BCUT2D eigenvalue weighted by Crippen LogP contribution is -2.42. The van der Waals surface area contributed by atoms with Crippen molar-refractivity contribution < 1.29 is 36.6 Å². The summed E-state index contributed by atoms with van der Waals surface area (Å²) in [6.45, 7) is -0.545. The Morgan fingerprint density at radius 2 is 1.91 bits per heavy atom. The summed E-state index contributed by atoms with van der Waals surface area (Å²) in [5.74, 6) is -3.47. The molecular formula is C24H20ClF2NO6S. The van der Waals surface area contributed by atoms with Crippen molar-refractivity contribution in [2.24, 2.45) is 5.92 Å². The van der Waals surface area contributed by atoms with Crippen LogP contribution in [0.2, 0.25) is 5.02 Å². The summed E-state index contributed by atoms with van der Waals surface area (Å²) in [4.78, 5) is 11.5. The Balaban J connectivity index is 1.73. The molecule has 184 valence electrons. The van der Waals surface area contributed by atoms with Gasteiger partial charge in [0.05, 0.1) is 28.6 Å². The molecule has 0 spiro atoms. The Morgan fingerprint density at radius 1 is 1.14 bits per heavy atom. The van der Waals surface area contributed by atoms with Gasteiger partial charge in [-0.2, -0.15) is 0 Å². The van der Waals surface area contributed by atoms with Gasteiger partial charge in [-0.05, 0) is 42.3 Å². The molecule has 0 saturated carbocycles. The second-order valence-electron chi connectivity index (χ2n) is 7.85. The fraction of sp³-hybridized carbons (Fsp3) is 0.208. The van der Waals surface area contributed by atoms with Crippen LogP contribution in [0.25, 0.3) is 0 Å². The molecule has 0 aromatic heterocycles. The first-order valence-electron chi connectivity index (χ1n) is 10.4. The fourth-order valence-corrected chi connectivity index (χ4v) is 5.59. The van der Waals surface area contributed by atoms with E-state index < -0.39 is 33.5 Å². The van der Waals surface area contributed by atoms with E-state index in [4.69, 9.17) is 21.1 Å². The number of rotatable bonds is 7. The molecule has 4 rings (SSSR count). The highest BCUT2D eigenvalue weighted by Gasteiger charge is 2.37. The maximum Gasteiger partial charge on any atom is 0.308 e. The maximum atomic E-state index is 14.1. The Kier molecular flexibility index (Phi) is 6.86. The highest BCUT2D eigenvalue weighted by atomic mass is 35.5. The molecule has 1 aliphatic rings. The number of aliphatic carboxylic acids is 1. The summed E-state index contributed by atoms with van der Waals surface area (Å²) in [6.07, 6.45) is 0.100. The molecule has 0 aliphatic carbocycles. The topological polar surface area (TPSA) is 93.1 Å². The van der Waals surface area contributed by atoms with Gasteiger partial charge in [0.25, 0.3) is 10.0 Å². The Bertz CT molecular complexity index is 1380. The van der Waals surface area contributed by atoms with E-state index in [0.29, 0.717) is 5.56 Å². The number of nitrogens with zero attached hydrogens (tertiary/aromatic N) is 1. The Morgan fingerprint density at radius 3 is 2.60 bits per heavy atom. The van der Waals surface area contributed by atoms with Gasteiger partial charge >= 0.3 is 5.97 Å². The lowest BCUT2D eigenvalue weighted by Gasteiger charge is -2.34. The number of hydrogen-bond donors (Lipinski definition) is 1. The van der Waals surface area contributed by atoms with Crippen LogP contribution < -0.4 is 13.8 Å². The standard InChI is InChI=1S/C24H20ClF2NO6S/c1-33-23-11-17(7-8-21(23)27)35(31,32)28-12-15(24(29)30)9-14-5-6-16(10-22(14)28)34-13-18-19(25)3-2-4-20(18)26/h2-8,10-11,15H,9,12-13H2,1H3,(H,29,30). The minimum atomic E-state index is -4.30. The van der Waals surface area contributed by atoms with Crippen molar-refractivity contribution in [3.05, 3.63) is 82.4 Å². The molecule has 1 atom stereocenters. The van der Waals surface area contributed by atoms with Crippen LogP contribution in [-0.4, -0.2) is 33.1 Å². The van der Waals surface area contributed by atoms with Crippen LogP contribution in [0.15, 0.2) is 59.5 Å². The number of ether oxygens (including phenoxy) is 2. The second kappa shape index (κ2) is 9.71. The van der Waals surface area contributed by atoms with E-state index in [-0.39, 0.29) is 52.2 Å². The number of methoxy groups -OCH3 is 1. The number of carbonyl (C=O) groups is 1. The van der Waals surface area contributed by atoms with Gasteiger partial charge in [-0.15, -0.1) is 0 Å². The zero-order valence-electron chi connectivity index (χ0n) is 18.4. The quantitative estimate of drug-likeness (QED) is 0.484. The molecule has 1 unspecified atom stereocenters. The molecule has 3 aromatic carbocycles. The van der Waals surface area contributed by atoms with Gasteiger partial charge in [0.2, 0.25) is 0 Å². The minimum Gasteiger partial charge on any atom is -0.494 e.